The highest BCUT2D eigenvalue weighted by Gasteiger charge is 2.35. The number of carbonyl (C=O) groups excluding carboxylic acids is 2. The predicted molar refractivity (Wildman–Crippen MR) is 92.7 cm³/mol. The van der Waals surface area contributed by atoms with E-state index >= 15 is 0 Å². The first-order valence-corrected chi connectivity index (χ1v) is 8.55. The summed E-state index contributed by atoms with van der Waals surface area (Å²) in [6.07, 6.45) is 3.21. The summed E-state index contributed by atoms with van der Waals surface area (Å²) in [5, 5.41) is 13.1. The van der Waals surface area contributed by atoms with E-state index in [2.05, 4.69) is 16.4 Å². The van der Waals surface area contributed by atoms with Crippen molar-refractivity contribution < 1.29 is 14.3 Å². The average Bonchev–Trinajstić information content (AvgIpc) is 3.06. The third kappa shape index (κ3) is 3.66. The maximum atomic E-state index is 12.4. The van der Waals surface area contributed by atoms with Crippen molar-refractivity contribution in [3.63, 3.8) is 0 Å². The summed E-state index contributed by atoms with van der Waals surface area (Å²) in [5.41, 5.74) is 0.294. The molecule has 1 amide bonds. The smallest absolute Gasteiger partial charge is 0.355 e. The summed E-state index contributed by atoms with van der Waals surface area (Å²) >= 11 is 0. The van der Waals surface area contributed by atoms with Crippen LogP contribution in [0.15, 0.2) is 30.3 Å². The highest BCUT2D eigenvalue weighted by molar-refractivity contribution is 5.96. The van der Waals surface area contributed by atoms with E-state index in [0.29, 0.717) is 18.5 Å². The Kier molecular flexibility index (Phi) is 4.75. The van der Waals surface area contributed by atoms with Gasteiger partial charge in [0.2, 0.25) is 0 Å². The van der Waals surface area contributed by atoms with Gasteiger partial charge < -0.3 is 15.0 Å². The van der Waals surface area contributed by atoms with E-state index in [4.69, 9.17) is 4.74 Å². The first-order valence-electron chi connectivity index (χ1n) is 8.55. The summed E-state index contributed by atoms with van der Waals surface area (Å²) in [6.45, 7) is 1.52. The van der Waals surface area contributed by atoms with Crippen LogP contribution < -0.4 is 5.32 Å². The van der Waals surface area contributed by atoms with Gasteiger partial charge in [-0.1, -0.05) is 37.5 Å². The number of benzene rings is 1. The Morgan fingerprint density at radius 1 is 1.28 bits per heavy atom. The largest absolute Gasteiger partial charge is 0.448 e. The summed E-state index contributed by atoms with van der Waals surface area (Å²) in [5.74, 6) is -1.03. The second-order valence-corrected chi connectivity index (χ2v) is 6.56. The maximum absolute atomic E-state index is 12.4. The van der Waals surface area contributed by atoms with Gasteiger partial charge >= 0.3 is 5.97 Å². The fourth-order valence-corrected chi connectivity index (χ4v) is 3.22. The van der Waals surface area contributed by atoms with Gasteiger partial charge in [0.25, 0.3) is 5.91 Å². The molecule has 1 atom stereocenters. The van der Waals surface area contributed by atoms with Gasteiger partial charge in [0.05, 0.1) is 6.07 Å². The molecule has 0 radical (unpaired) electrons. The number of aromatic nitrogens is 1. The molecule has 0 aliphatic heterocycles. The second-order valence-electron chi connectivity index (χ2n) is 6.56. The minimum atomic E-state index is -0.967. The molecule has 0 spiro atoms. The topological polar surface area (TPSA) is 95.0 Å². The van der Waals surface area contributed by atoms with Gasteiger partial charge in [-0.3, -0.25) is 4.79 Å². The SMILES string of the molecule is CC(OC(=O)c1cc2ccccc2[nH]1)C(=O)NC1(C#N)CCCCC1. The number of H-pyrrole nitrogens is 1. The van der Waals surface area contributed by atoms with E-state index in [1.165, 1.54) is 6.92 Å². The van der Waals surface area contributed by atoms with Crippen molar-refractivity contribution in [2.75, 3.05) is 0 Å². The molecule has 130 valence electrons. The van der Waals surface area contributed by atoms with Crippen molar-refractivity contribution in [3.05, 3.63) is 36.0 Å². The third-order valence-electron chi connectivity index (χ3n) is 4.69. The Bertz CT molecular complexity index is 795. The van der Waals surface area contributed by atoms with Crippen LogP contribution in [-0.2, 0) is 9.53 Å². The van der Waals surface area contributed by atoms with Crippen molar-refractivity contribution in [1.82, 2.24) is 10.3 Å². The zero-order valence-electron chi connectivity index (χ0n) is 14.2. The molecule has 1 aromatic heterocycles. The number of nitrogens with zero attached hydrogens (tertiary/aromatic N) is 1. The summed E-state index contributed by atoms with van der Waals surface area (Å²) < 4.78 is 5.27. The molecule has 1 aromatic carbocycles. The molecule has 3 rings (SSSR count). The van der Waals surface area contributed by atoms with Gasteiger partial charge in [0, 0.05) is 10.9 Å². The number of esters is 1. The van der Waals surface area contributed by atoms with Crippen molar-refractivity contribution in [3.8, 4) is 6.07 Å². The maximum Gasteiger partial charge on any atom is 0.355 e. The predicted octanol–water partition coefficient (Wildman–Crippen LogP) is 3.06. The normalized spacial score (nSPS) is 17.4. The Morgan fingerprint density at radius 2 is 2.00 bits per heavy atom. The Morgan fingerprint density at radius 3 is 2.68 bits per heavy atom. The van der Waals surface area contributed by atoms with Crippen LogP contribution in [-0.4, -0.2) is 28.5 Å². The Labute approximate surface area is 146 Å². The van der Waals surface area contributed by atoms with E-state index in [1.54, 1.807) is 6.07 Å². The molecular formula is C19H21N3O3. The fraction of sp³-hybridized carbons (Fsp3) is 0.421. The highest BCUT2D eigenvalue weighted by atomic mass is 16.5. The van der Waals surface area contributed by atoms with Gasteiger partial charge in [0.15, 0.2) is 6.10 Å². The van der Waals surface area contributed by atoms with Crippen molar-refractivity contribution >= 4 is 22.8 Å². The molecule has 6 nitrogen and oxygen atoms in total. The van der Waals surface area contributed by atoms with Crippen molar-refractivity contribution in [2.24, 2.45) is 0 Å². The molecule has 6 heteroatoms. The van der Waals surface area contributed by atoms with Gasteiger partial charge in [-0.15, -0.1) is 0 Å². The Hall–Kier alpha value is -2.81. The molecule has 0 bridgehead atoms. The molecule has 1 unspecified atom stereocenters. The number of amides is 1. The summed E-state index contributed by atoms with van der Waals surface area (Å²) in [4.78, 5) is 27.6. The monoisotopic (exact) mass is 339 g/mol. The molecule has 2 aromatic rings. The number of nitrogens with one attached hydrogen (secondary N) is 2. The van der Waals surface area contributed by atoms with E-state index in [1.807, 2.05) is 24.3 Å². The van der Waals surface area contributed by atoms with E-state index in [0.717, 1.165) is 30.2 Å². The van der Waals surface area contributed by atoms with Crippen LogP contribution in [0.25, 0.3) is 10.9 Å². The molecule has 25 heavy (non-hydrogen) atoms. The number of carbonyl (C=O) groups is 2. The minimum absolute atomic E-state index is 0.300. The number of fused-ring (bicyclic) bond motifs is 1. The second kappa shape index (κ2) is 6.98. The van der Waals surface area contributed by atoms with Gasteiger partial charge in [-0.05, 0) is 31.9 Å². The number of para-hydroxylation sites is 1. The van der Waals surface area contributed by atoms with E-state index in [9.17, 15) is 14.9 Å². The quantitative estimate of drug-likeness (QED) is 0.837. The lowest BCUT2D eigenvalue weighted by molar-refractivity contribution is -0.130. The van der Waals surface area contributed by atoms with Crippen LogP contribution in [0.3, 0.4) is 0 Å². The number of ether oxygens (including phenoxy) is 1. The van der Waals surface area contributed by atoms with Crippen LogP contribution in [0.2, 0.25) is 0 Å². The first kappa shape index (κ1) is 17.0. The van der Waals surface area contributed by atoms with E-state index in [-0.39, 0.29) is 0 Å². The summed E-state index contributed by atoms with van der Waals surface area (Å²) in [6, 6.07) is 11.4. The average molecular weight is 339 g/mol. The van der Waals surface area contributed by atoms with Gasteiger partial charge in [-0.25, -0.2) is 4.79 Å². The zero-order chi connectivity index (χ0) is 17.9. The Balaban J connectivity index is 1.64. The van der Waals surface area contributed by atoms with E-state index < -0.39 is 23.5 Å². The lowest BCUT2D eigenvalue weighted by atomic mass is 9.83. The molecule has 0 saturated heterocycles. The zero-order valence-corrected chi connectivity index (χ0v) is 14.2. The van der Waals surface area contributed by atoms with Crippen LogP contribution in [0.5, 0.6) is 0 Å². The number of aromatic amines is 1. The molecule has 1 aliphatic carbocycles. The minimum Gasteiger partial charge on any atom is -0.448 e. The van der Waals surface area contributed by atoms with Crippen LogP contribution in [0.1, 0.15) is 49.5 Å². The molecule has 1 fully saturated rings. The van der Waals surface area contributed by atoms with Crippen LogP contribution >= 0.6 is 0 Å². The molecule has 1 saturated carbocycles. The molecule has 1 aliphatic rings. The summed E-state index contributed by atoms with van der Waals surface area (Å²) in [7, 11) is 0. The third-order valence-corrected chi connectivity index (χ3v) is 4.69. The fourth-order valence-electron chi connectivity index (χ4n) is 3.22. The van der Waals surface area contributed by atoms with Crippen molar-refractivity contribution in [2.45, 2.75) is 50.7 Å². The number of hydrogen-bond donors (Lipinski definition) is 2. The van der Waals surface area contributed by atoms with Gasteiger partial charge in [-0.2, -0.15) is 5.26 Å². The first-order chi connectivity index (χ1) is 12.0. The molecule has 1 heterocycles. The van der Waals surface area contributed by atoms with Gasteiger partial charge in [0.1, 0.15) is 11.2 Å². The lowest BCUT2D eigenvalue weighted by Crippen LogP contribution is -2.52. The van der Waals surface area contributed by atoms with Crippen LogP contribution in [0.4, 0.5) is 0 Å². The van der Waals surface area contributed by atoms with Crippen molar-refractivity contribution in [1.29, 1.82) is 5.26 Å². The lowest BCUT2D eigenvalue weighted by Gasteiger charge is -2.32. The number of nitriles is 1. The molecule has 2 N–H and O–H groups in total. The van der Waals surface area contributed by atoms with Crippen LogP contribution in [0, 0.1) is 11.3 Å². The number of rotatable bonds is 4. The highest BCUT2D eigenvalue weighted by Crippen LogP contribution is 2.27. The standard InChI is InChI=1S/C19H21N3O3/c1-13(17(23)22-19(12-20)9-5-2-6-10-19)25-18(24)16-11-14-7-3-4-8-15(14)21-16/h3-4,7-8,11,13,21H,2,5-6,9-10H2,1H3,(H,22,23). The number of hydrogen-bond acceptors (Lipinski definition) is 4. The molecular weight excluding hydrogens is 318 g/mol.